The lowest BCUT2D eigenvalue weighted by atomic mass is 9.82. The Kier molecular flexibility index (Phi) is 7.79. The zero-order valence-corrected chi connectivity index (χ0v) is 27.2. The topological polar surface area (TPSA) is 99.3 Å². The Balaban J connectivity index is 1.28. The zero-order valence-electron chi connectivity index (χ0n) is 26.4. The van der Waals surface area contributed by atoms with Crippen molar-refractivity contribution in [2.45, 2.75) is 77.0 Å². The van der Waals surface area contributed by atoms with Gasteiger partial charge in [-0.15, -0.1) is 0 Å². The van der Waals surface area contributed by atoms with Crippen LogP contribution in [-0.2, 0) is 39.6 Å². The number of hydrogen-bond acceptors (Lipinski definition) is 5. The first-order valence-corrected chi connectivity index (χ1v) is 18.7. The van der Waals surface area contributed by atoms with Crippen LogP contribution in [-0.4, -0.2) is 48.8 Å². The Morgan fingerprint density at radius 2 is 1.70 bits per heavy atom. The highest BCUT2D eigenvalue weighted by atomic mass is 31.2. The molecule has 8 nitrogen and oxygen atoms in total. The Morgan fingerprint density at radius 1 is 0.913 bits per heavy atom. The summed E-state index contributed by atoms with van der Waals surface area (Å²) in [6.45, 7) is 4.46. The molecule has 5 aliphatic rings. The lowest BCUT2D eigenvalue weighted by Gasteiger charge is -2.39. The van der Waals surface area contributed by atoms with Crippen LogP contribution in [0.3, 0.4) is 0 Å². The Morgan fingerprint density at radius 3 is 2.54 bits per heavy atom. The van der Waals surface area contributed by atoms with Crippen LogP contribution in [0.5, 0.6) is 11.5 Å². The molecule has 3 aromatic carbocycles. The molecule has 0 spiro atoms. The van der Waals surface area contributed by atoms with Gasteiger partial charge in [0, 0.05) is 65.5 Å². The number of carbonyl (C=O) groups is 1. The van der Waals surface area contributed by atoms with Gasteiger partial charge in [-0.25, -0.2) is 4.58 Å². The second-order valence-electron chi connectivity index (χ2n) is 13.5. The molecule has 8 rings (SSSR count). The average Bonchev–Trinajstić information content (AvgIpc) is 3.06. The van der Waals surface area contributed by atoms with Crippen molar-refractivity contribution in [3.05, 3.63) is 80.4 Å². The Labute approximate surface area is 269 Å². The number of hydrogen-bond donors (Lipinski definition) is 2. The Bertz CT molecular complexity index is 1930. The Hall–Kier alpha value is -3.45. The summed E-state index contributed by atoms with van der Waals surface area (Å²) in [5.41, 5.74) is 9.82. The van der Waals surface area contributed by atoms with Gasteiger partial charge in [0.2, 0.25) is 5.36 Å². The molecule has 0 fully saturated rings. The normalized spacial score (nSPS) is 18.9. The quantitative estimate of drug-likeness (QED) is 0.157. The van der Waals surface area contributed by atoms with Gasteiger partial charge in [0.25, 0.3) is 0 Å². The van der Waals surface area contributed by atoms with E-state index in [1.807, 2.05) is 12.1 Å². The molecule has 9 heteroatoms. The number of nitrogens with zero attached hydrogens (tertiary/aromatic N) is 2. The summed E-state index contributed by atoms with van der Waals surface area (Å²) in [6, 6.07) is 12.1. The maximum absolute atomic E-state index is 13.5. The van der Waals surface area contributed by atoms with Crippen LogP contribution in [0.25, 0.3) is 5.57 Å². The van der Waals surface area contributed by atoms with E-state index < -0.39 is 13.6 Å². The number of anilines is 1. The second-order valence-corrected chi connectivity index (χ2v) is 15.3. The maximum atomic E-state index is 13.5. The van der Waals surface area contributed by atoms with E-state index >= 15 is 0 Å². The molecule has 1 atom stereocenters. The highest BCUT2D eigenvalue weighted by Gasteiger charge is 2.36. The molecule has 0 bridgehead atoms. The molecule has 0 saturated heterocycles. The van der Waals surface area contributed by atoms with Gasteiger partial charge in [-0.05, 0) is 86.8 Å². The van der Waals surface area contributed by atoms with Crippen molar-refractivity contribution in [2.24, 2.45) is 0 Å². The number of carboxylic acids is 1. The predicted octanol–water partition coefficient (Wildman–Crippen LogP) is 4.59. The molecule has 2 N–H and O–H groups in total. The van der Waals surface area contributed by atoms with E-state index in [-0.39, 0.29) is 18.3 Å². The van der Waals surface area contributed by atoms with Crippen molar-refractivity contribution in [1.29, 1.82) is 0 Å². The van der Waals surface area contributed by atoms with Gasteiger partial charge < -0.3 is 24.2 Å². The smallest absolute Gasteiger partial charge is 0.358 e. The first-order chi connectivity index (χ1) is 22.4. The standard InChI is InChI=1S/C37H41N2O6P/c40-32(41)15-2-1-3-20-44-46(42,43)27-12-4-9-24(21-27)33-30-22-25-10-5-16-38-18-7-13-28(34(25)38)36(30)45-37-29-14-8-19-39-17-6-11-26(35(29)39)23-31(33)37/h4,9,12,21-23H,1-3,5-8,10-11,13-20H2,(H-,40,41,42,43)/p+1. The summed E-state index contributed by atoms with van der Waals surface area (Å²) in [6.07, 6.45) is 10.3. The van der Waals surface area contributed by atoms with Gasteiger partial charge in [0.15, 0.2) is 0 Å². The van der Waals surface area contributed by atoms with Crippen molar-refractivity contribution in [1.82, 2.24) is 4.58 Å². The van der Waals surface area contributed by atoms with Crippen molar-refractivity contribution in [2.75, 3.05) is 37.7 Å². The van der Waals surface area contributed by atoms with E-state index in [2.05, 4.69) is 27.7 Å². The number of fused-ring (bicyclic) bond motifs is 4. The van der Waals surface area contributed by atoms with Gasteiger partial charge in [0.05, 0.1) is 17.5 Å². The lowest BCUT2D eigenvalue weighted by molar-refractivity contribution is -0.137. The third-order valence-corrected chi connectivity index (χ3v) is 11.9. The van der Waals surface area contributed by atoms with Gasteiger partial charge in [-0.1, -0.05) is 18.6 Å². The zero-order chi connectivity index (χ0) is 31.4. The van der Waals surface area contributed by atoms with Gasteiger partial charge in [-0.3, -0.25) is 9.36 Å². The number of unbranched alkanes of at least 4 members (excludes halogenated alkanes) is 2. The molecule has 240 valence electrons. The molecule has 1 unspecified atom stereocenters. The number of aryl methyl sites for hydroxylation is 2. The highest BCUT2D eigenvalue weighted by Crippen LogP contribution is 2.49. The molecule has 0 radical (unpaired) electrons. The van der Waals surface area contributed by atoms with Crippen molar-refractivity contribution >= 4 is 30.1 Å². The van der Waals surface area contributed by atoms with E-state index in [4.69, 9.17) is 14.4 Å². The van der Waals surface area contributed by atoms with Crippen LogP contribution in [0.4, 0.5) is 5.69 Å². The van der Waals surface area contributed by atoms with Crippen LogP contribution in [0.1, 0.15) is 84.7 Å². The van der Waals surface area contributed by atoms with Crippen molar-refractivity contribution in [3.8, 4) is 11.5 Å². The van der Waals surface area contributed by atoms with Gasteiger partial charge in [0.1, 0.15) is 24.6 Å². The molecule has 46 heavy (non-hydrogen) atoms. The van der Waals surface area contributed by atoms with E-state index in [9.17, 15) is 14.3 Å². The summed E-state index contributed by atoms with van der Waals surface area (Å²) < 4.78 is 28.8. The fourth-order valence-corrected chi connectivity index (χ4v) is 9.58. The molecule has 5 heterocycles. The first-order valence-electron chi connectivity index (χ1n) is 17.1. The van der Waals surface area contributed by atoms with E-state index in [0.717, 1.165) is 111 Å². The van der Waals surface area contributed by atoms with Crippen LogP contribution < -0.4 is 30.1 Å². The predicted molar refractivity (Wildman–Crippen MR) is 178 cm³/mol. The number of rotatable bonds is 9. The minimum Gasteiger partial charge on any atom is -0.481 e. The molecule has 3 aromatic rings. The molecular weight excluding hydrogens is 599 g/mol. The fraction of sp³-hybridized carbons (Fsp3) is 0.459. The lowest BCUT2D eigenvalue weighted by Crippen LogP contribution is -2.45. The van der Waals surface area contributed by atoms with Crippen LogP contribution in [0, 0.1) is 0 Å². The molecule has 0 saturated carbocycles. The summed E-state index contributed by atoms with van der Waals surface area (Å²) in [5.74, 6) is 1.10. The number of aliphatic carboxylic acids is 1. The molecule has 5 aliphatic heterocycles. The minimum atomic E-state index is -4.10. The third kappa shape index (κ3) is 5.19. The number of ether oxygens (including phenoxy) is 1. The first kappa shape index (κ1) is 29.9. The highest BCUT2D eigenvalue weighted by molar-refractivity contribution is 7.61. The molecule has 0 aromatic heterocycles. The van der Waals surface area contributed by atoms with Crippen LogP contribution in [0.2, 0.25) is 0 Å². The van der Waals surface area contributed by atoms with Crippen LogP contribution in [0.15, 0.2) is 36.4 Å². The van der Waals surface area contributed by atoms with E-state index in [1.54, 1.807) is 6.07 Å². The van der Waals surface area contributed by atoms with Crippen molar-refractivity contribution < 1.29 is 28.6 Å². The van der Waals surface area contributed by atoms with E-state index in [0.29, 0.717) is 19.3 Å². The number of carboxylic acid groups (broad SMARTS) is 1. The maximum Gasteiger partial charge on any atom is 0.358 e. The number of benzene rings is 3. The largest absolute Gasteiger partial charge is 0.481 e. The summed E-state index contributed by atoms with van der Waals surface area (Å²) in [5, 5.41) is 11.6. The summed E-state index contributed by atoms with van der Waals surface area (Å²) >= 11 is 0. The second kappa shape index (κ2) is 12.0. The third-order valence-electron chi connectivity index (χ3n) is 10.5. The van der Waals surface area contributed by atoms with Gasteiger partial charge >= 0.3 is 13.6 Å². The SMILES string of the molecule is O=C(O)CCCCCOP(=O)(O)c1cccc(C2=c3cc4c5c(c3Oc3c2cc2c6c3CCCN6CCC2)CCC[N+]=5CCC4)c1. The molecular formula is C37H42N2O6P+. The monoisotopic (exact) mass is 641 g/mol. The van der Waals surface area contributed by atoms with Gasteiger partial charge in [-0.2, -0.15) is 0 Å². The minimum absolute atomic E-state index is 0.0933. The van der Waals surface area contributed by atoms with Crippen LogP contribution >= 0.6 is 7.60 Å². The molecule has 0 aliphatic carbocycles. The fourth-order valence-electron chi connectivity index (χ4n) is 8.48. The average molecular weight is 642 g/mol. The summed E-state index contributed by atoms with van der Waals surface area (Å²) in [4.78, 5) is 24.5. The summed E-state index contributed by atoms with van der Waals surface area (Å²) in [7, 11) is -4.10. The molecule has 0 amide bonds. The van der Waals surface area contributed by atoms with Crippen molar-refractivity contribution in [3.63, 3.8) is 0 Å². The van der Waals surface area contributed by atoms with E-state index in [1.165, 1.54) is 33.3 Å².